The zero-order valence-electron chi connectivity index (χ0n) is 11.6. The van der Waals surface area contributed by atoms with Crippen molar-refractivity contribution in [2.45, 2.75) is 37.8 Å². The van der Waals surface area contributed by atoms with Gasteiger partial charge in [-0.2, -0.15) is 0 Å². The molecule has 0 radical (unpaired) electrons. The van der Waals surface area contributed by atoms with Crippen molar-refractivity contribution in [3.63, 3.8) is 0 Å². The molecule has 0 spiro atoms. The van der Waals surface area contributed by atoms with Crippen molar-refractivity contribution in [1.82, 2.24) is 20.6 Å². The Morgan fingerprint density at radius 1 is 1.25 bits per heavy atom. The first-order valence-corrected chi connectivity index (χ1v) is 7.36. The molecule has 108 valence electrons. The highest BCUT2D eigenvalue weighted by molar-refractivity contribution is 5.78. The summed E-state index contributed by atoms with van der Waals surface area (Å²) in [5.74, 6) is 0.847. The third kappa shape index (κ3) is 3.66. The minimum absolute atomic E-state index is 0.0951. The number of carbonyl (C=O) groups excluding carboxylic acids is 1. The van der Waals surface area contributed by atoms with E-state index in [4.69, 9.17) is 0 Å². The van der Waals surface area contributed by atoms with Gasteiger partial charge in [0.25, 0.3) is 0 Å². The maximum absolute atomic E-state index is 11.9. The molecule has 1 aromatic rings. The van der Waals surface area contributed by atoms with Crippen LogP contribution in [-0.4, -0.2) is 47.6 Å². The molecule has 1 atom stereocenters. The van der Waals surface area contributed by atoms with Gasteiger partial charge >= 0.3 is 0 Å². The molecule has 0 bridgehead atoms. The van der Waals surface area contributed by atoms with Gasteiger partial charge in [-0.05, 0) is 31.7 Å². The van der Waals surface area contributed by atoms with Crippen molar-refractivity contribution in [3.05, 3.63) is 18.5 Å². The average Bonchev–Trinajstić information content (AvgIpc) is 3.31. The minimum atomic E-state index is 0.0951. The molecule has 2 fully saturated rings. The number of hydrogen-bond donors (Lipinski definition) is 2. The maximum Gasteiger partial charge on any atom is 0.234 e. The Morgan fingerprint density at radius 2 is 2.05 bits per heavy atom. The van der Waals surface area contributed by atoms with Gasteiger partial charge in [0, 0.05) is 37.6 Å². The number of aromatic nitrogens is 2. The summed E-state index contributed by atoms with van der Waals surface area (Å²) >= 11 is 0. The molecule has 1 amide bonds. The van der Waals surface area contributed by atoms with Gasteiger partial charge in [-0.1, -0.05) is 0 Å². The summed E-state index contributed by atoms with van der Waals surface area (Å²) in [5, 5.41) is 6.34. The Bertz CT molecular complexity index is 448. The van der Waals surface area contributed by atoms with Crippen LogP contribution in [0.15, 0.2) is 18.5 Å². The lowest BCUT2D eigenvalue weighted by molar-refractivity contribution is -0.121. The summed E-state index contributed by atoms with van der Waals surface area (Å²) in [5.41, 5.74) is 0. The molecule has 2 aliphatic rings. The summed E-state index contributed by atoms with van der Waals surface area (Å²) in [6, 6.07) is 2.58. The van der Waals surface area contributed by atoms with Crippen molar-refractivity contribution in [2.75, 3.05) is 24.5 Å². The van der Waals surface area contributed by atoms with E-state index in [2.05, 4.69) is 25.5 Å². The lowest BCUT2D eigenvalue weighted by Crippen LogP contribution is -2.50. The van der Waals surface area contributed by atoms with E-state index >= 15 is 0 Å². The Kier molecular flexibility index (Phi) is 4.11. The van der Waals surface area contributed by atoms with Crippen molar-refractivity contribution >= 4 is 11.9 Å². The fourth-order valence-electron chi connectivity index (χ4n) is 2.53. The van der Waals surface area contributed by atoms with E-state index in [-0.39, 0.29) is 11.9 Å². The van der Waals surface area contributed by atoms with E-state index in [9.17, 15) is 4.79 Å². The molecule has 1 aromatic heterocycles. The Morgan fingerprint density at radius 3 is 2.80 bits per heavy atom. The van der Waals surface area contributed by atoms with Gasteiger partial charge in [0.05, 0.1) is 6.54 Å². The average molecular weight is 275 g/mol. The summed E-state index contributed by atoms with van der Waals surface area (Å²) in [6.45, 7) is 2.18. The third-order valence-corrected chi connectivity index (χ3v) is 3.75. The van der Waals surface area contributed by atoms with E-state index in [1.165, 1.54) is 12.8 Å². The Hall–Kier alpha value is -1.69. The standard InChI is InChI=1S/C14H21N5O/c20-13(9-17-11-4-5-11)18-12-3-1-8-19(10-12)14-15-6-2-7-16-14/h2,6-7,11-12,17H,1,3-5,8-10H2,(H,18,20). The molecule has 1 aliphatic heterocycles. The Balaban J connectivity index is 1.48. The molecular formula is C14H21N5O. The largest absolute Gasteiger partial charge is 0.350 e. The van der Waals surface area contributed by atoms with Crippen LogP contribution in [0.25, 0.3) is 0 Å². The van der Waals surface area contributed by atoms with Crippen LogP contribution in [0.1, 0.15) is 25.7 Å². The normalized spacial score (nSPS) is 22.6. The highest BCUT2D eigenvalue weighted by Gasteiger charge is 2.24. The predicted octanol–water partition coefficient (Wildman–Crippen LogP) is 0.314. The minimum Gasteiger partial charge on any atom is -0.350 e. The lowest BCUT2D eigenvalue weighted by atomic mass is 10.1. The fraction of sp³-hybridized carbons (Fsp3) is 0.643. The summed E-state index contributed by atoms with van der Waals surface area (Å²) in [6.07, 6.45) is 8.00. The van der Waals surface area contributed by atoms with Crippen LogP contribution in [0.4, 0.5) is 5.95 Å². The van der Waals surface area contributed by atoms with E-state index in [0.29, 0.717) is 12.6 Å². The number of hydrogen-bond acceptors (Lipinski definition) is 5. The molecule has 1 aliphatic carbocycles. The SMILES string of the molecule is O=C(CNC1CC1)NC1CCCN(c2ncccn2)C1. The quantitative estimate of drug-likeness (QED) is 0.809. The number of anilines is 1. The molecule has 2 N–H and O–H groups in total. The monoisotopic (exact) mass is 275 g/mol. The van der Waals surface area contributed by atoms with Crippen LogP contribution >= 0.6 is 0 Å². The first-order valence-electron chi connectivity index (χ1n) is 7.36. The van der Waals surface area contributed by atoms with Gasteiger partial charge in [0.1, 0.15) is 0 Å². The van der Waals surface area contributed by atoms with Gasteiger partial charge in [0.15, 0.2) is 0 Å². The zero-order chi connectivity index (χ0) is 13.8. The Labute approximate surface area is 119 Å². The molecular weight excluding hydrogens is 254 g/mol. The molecule has 20 heavy (non-hydrogen) atoms. The van der Waals surface area contributed by atoms with Gasteiger partial charge in [0.2, 0.25) is 11.9 Å². The number of amides is 1. The zero-order valence-corrected chi connectivity index (χ0v) is 11.6. The smallest absolute Gasteiger partial charge is 0.234 e. The topological polar surface area (TPSA) is 70.2 Å². The van der Waals surface area contributed by atoms with E-state index in [0.717, 1.165) is 31.9 Å². The van der Waals surface area contributed by atoms with Gasteiger partial charge in [-0.15, -0.1) is 0 Å². The predicted molar refractivity (Wildman–Crippen MR) is 76.4 cm³/mol. The lowest BCUT2D eigenvalue weighted by Gasteiger charge is -2.33. The molecule has 3 rings (SSSR count). The molecule has 1 unspecified atom stereocenters. The molecule has 6 nitrogen and oxygen atoms in total. The van der Waals surface area contributed by atoms with Gasteiger partial charge < -0.3 is 15.5 Å². The first kappa shape index (κ1) is 13.3. The van der Waals surface area contributed by atoms with Crippen LogP contribution in [0.2, 0.25) is 0 Å². The second kappa shape index (κ2) is 6.17. The molecule has 2 heterocycles. The summed E-state index contributed by atoms with van der Waals surface area (Å²) in [4.78, 5) is 22.6. The van der Waals surface area contributed by atoms with E-state index in [1.807, 2.05) is 6.07 Å². The van der Waals surface area contributed by atoms with E-state index < -0.39 is 0 Å². The second-order valence-corrected chi connectivity index (χ2v) is 5.56. The number of rotatable bonds is 5. The van der Waals surface area contributed by atoms with Gasteiger partial charge in [-0.3, -0.25) is 4.79 Å². The highest BCUT2D eigenvalue weighted by Crippen LogP contribution is 2.18. The van der Waals surface area contributed by atoms with Crippen molar-refractivity contribution in [2.24, 2.45) is 0 Å². The molecule has 6 heteroatoms. The van der Waals surface area contributed by atoms with Crippen LogP contribution < -0.4 is 15.5 Å². The van der Waals surface area contributed by atoms with Crippen LogP contribution in [0.3, 0.4) is 0 Å². The van der Waals surface area contributed by atoms with Crippen molar-refractivity contribution < 1.29 is 4.79 Å². The molecule has 0 aromatic carbocycles. The van der Waals surface area contributed by atoms with Crippen LogP contribution in [-0.2, 0) is 4.79 Å². The van der Waals surface area contributed by atoms with Gasteiger partial charge in [-0.25, -0.2) is 9.97 Å². The molecule has 1 saturated carbocycles. The van der Waals surface area contributed by atoms with Crippen LogP contribution in [0.5, 0.6) is 0 Å². The second-order valence-electron chi connectivity index (χ2n) is 5.56. The number of piperidine rings is 1. The number of nitrogens with one attached hydrogen (secondary N) is 2. The molecule has 1 saturated heterocycles. The van der Waals surface area contributed by atoms with Crippen molar-refractivity contribution in [1.29, 1.82) is 0 Å². The maximum atomic E-state index is 11.9. The van der Waals surface area contributed by atoms with E-state index in [1.54, 1.807) is 12.4 Å². The number of nitrogens with zero attached hydrogens (tertiary/aromatic N) is 3. The third-order valence-electron chi connectivity index (χ3n) is 3.75. The number of carbonyl (C=O) groups is 1. The van der Waals surface area contributed by atoms with Crippen LogP contribution in [0, 0.1) is 0 Å². The first-order chi connectivity index (χ1) is 9.81. The summed E-state index contributed by atoms with van der Waals surface area (Å²) in [7, 11) is 0. The highest BCUT2D eigenvalue weighted by atomic mass is 16.2. The van der Waals surface area contributed by atoms with Crippen molar-refractivity contribution in [3.8, 4) is 0 Å². The summed E-state index contributed by atoms with van der Waals surface area (Å²) < 4.78 is 0. The fourth-order valence-corrected chi connectivity index (χ4v) is 2.53.